The van der Waals surface area contributed by atoms with Crippen molar-refractivity contribution in [1.29, 1.82) is 0 Å². The van der Waals surface area contributed by atoms with Crippen molar-refractivity contribution in [3.05, 3.63) is 52.1 Å². The summed E-state index contributed by atoms with van der Waals surface area (Å²) >= 11 is 5.79. The Labute approximate surface area is 178 Å². The first kappa shape index (κ1) is 20.3. The predicted octanol–water partition coefficient (Wildman–Crippen LogP) is 4.20. The highest BCUT2D eigenvalue weighted by Gasteiger charge is 2.31. The Balaban J connectivity index is 1.41. The first-order chi connectivity index (χ1) is 14.4. The molecule has 156 valence electrons. The van der Waals surface area contributed by atoms with Crippen LogP contribution in [0.25, 0.3) is 0 Å². The van der Waals surface area contributed by atoms with E-state index >= 15 is 0 Å². The summed E-state index contributed by atoms with van der Waals surface area (Å²) in [6, 6.07) is 3.80. The molecule has 0 bridgehead atoms. The zero-order valence-electron chi connectivity index (χ0n) is 16.4. The van der Waals surface area contributed by atoms with Gasteiger partial charge in [0.25, 0.3) is 5.91 Å². The van der Waals surface area contributed by atoms with Crippen LogP contribution < -0.4 is 10.6 Å². The number of alkyl carbamates (subject to hydrolysis) is 1. The summed E-state index contributed by atoms with van der Waals surface area (Å²) in [6.07, 6.45) is 4.90. The lowest BCUT2D eigenvalue weighted by atomic mass is 10.1. The summed E-state index contributed by atoms with van der Waals surface area (Å²) in [5.41, 5.74) is 2.67. The Morgan fingerprint density at radius 2 is 2.13 bits per heavy atom. The van der Waals surface area contributed by atoms with Crippen LogP contribution in [0, 0.1) is 23.6 Å². The van der Waals surface area contributed by atoms with Crippen molar-refractivity contribution < 1.29 is 18.7 Å². The Morgan fingerprint density at radius 3 is 2.87 bits per heavy atom. The molecule has 2 aliphatic rings. The van der Waals surface area contributed by atoms with Gasteiger partial charge in [0, 0.05) is 24.8 Å². The summed E-state index contributed by atoms with van der Waals surface area (Å²) in [5, 5.41) is 5.54. The number of hydrogen-bond donors (Lipinski definition) is 2. The summed E-state index contributed by atoms with van der Waals surface area (Å²) in [5.74, 6) is 5.50. The van der Waals surface area contributed by atoms with E-state index in [0.717, 1.165) is 24.0 Å². The van der Waals surface area contributed by atoms with E-state index in [4.69, 9.17) is 16.3 Å². The van der Waals surface area contributed by atoms with E-state index in [9.17, 15) is 14.0 Å². The highest BCUT2D eigenvalue weighted by atomic mass is 35.5. The van der Waals surface area contributed by atoms with E-state index in [1.54, 1.807) is 11.6 Å². The molecule has 1 unspecified atom stereocenters. The zero-order valence-corrected chi connectivity index (χ0v) is 17.2. The maximum atomic E-state index is 13.3. The lowest BCUT2D eigenvalue weighted by Gasteiger charge is -2.12. The van der Waals surface area contributed by atoms with Crippen LogP contribution in [0.1, 0.15) is 46.9 Å². The van der Waals surface area contributed by atoms with E-state index in [1.165, 1.54) is 18.2 Å². The van der Waals surface area contributed by atoms with Crippen LogP contribution in [-0.2, 0) is 18.2 Å². The van der Waals surface area contributed by atoms with Gasteiger partial charge in [0.1, 0.15) is 11.5 Å². The molecular formula is C22H21ClFN3O3. The minimum absolute atomic E-state index is 0.0606. The number of carbonyl (C=O) groups is 2. The number of aryl methyl sites for hydroxylation is 1. The van der Waals surface area contributed by atoms with E-state index in [0.29, 0.717) is 30.1 Å². The quantitative estimate of drug-likeness (QED) is 0.715. The highest BCUT2D eigenvalue weighted by molar-refractivity contribution is 6.31. The van der Waals surface area contributed by atoms with Gasteiger partial charge in [-0.3, -0.25) is 4.79 Å². The fourth-order valence-corrected chi connectivity index (χ4v) is 3.80. The molecule has 0 saturated heterocycles. The lowest BCUT2D eigenvalue weighted by molar-refractivity contribution is 0.101. The van der Waals surface area contributed by atoms with Crippen molar-refractivity contribution in [3.8, 4) is 11.8 Å². The molecule has 0 aliphatic heterocycles. The second-order valence-electron chi connectivity index (χ2n) is 7.51. The average Bonchev–Trinajstić information content (AvgIpc) is 3.37. The smallest absolute Gasteiger partial charge is 0.408 e. The van der Waals surface area contributed by atoms with Crippen LogP contribution >= 0.6 is 11.6 Å². The number of anilines is 1. The normalized spacial score (nSPS) is 17.0. The van der Waals surface area contributed by atoms with Gasteiger partial charge in [-0.1, -0.05) is 23.4 Å². The van der Waals surface area contributed by atoms with Crippen LogP contribution in [0.5, 0.6) is 0 Å². The SMILES string of the molecule is Cn1cc2c(c1C(=O)Nc1ccc(F)c(Cl)c1)CCC2NC(=O)OCC#CC1CC1. The molecular weight excluding hydrogens is 409 g/mol. The minimum Gasteiger partial charge on any atom is -0.436 e. The predicted molar refractivity (Wildman–Crippen MR) is 111 cm³/mol. The average molecular weight is 430 g/mol. The number of hydrogen-bond acceptors (Lipinski definition) is 3. The summed E-state index contributed by atoms with van der Waals surface area (Å²) in [4.78, 5) is 24.9. The van der Waals surface area contributed by atoms with Gasteiger partial charge in [-0.15, -0.1) is 0 Å². The molecule has 1 aromatic carbocycles. The minimum atomic E-state index is -0.547. The first-order valence-electron chi connectivity index (χ1n) is 9.78. The molecule has 1 fully saturated rings. The molecule has 1 saturated carbocycles. The second kappa shape index (κ2) is 8.41. The van der Waals surface area contributed by atoms with E-state index in [-0.39, 0.29) is 23.6 Å². The zero-order chi connectivity index (χ0) is 21.3. The van der Waals surface area contributed by atoms with Gasteiger partial charge in [0.05, 0.1) is 11.1 Å². The van der Waals surface area contributed by atoms with Crippen molar-refractivity contribution >= 4 is 29.3 Å². The van der Waals surface area contributed by atoms with Crippen LogP contribution in [0.4, 0.5) is 14.9 Å². The molecule has 2 amide bonds. The maximum absolute atomic E-state index is 13.3. The molecule has 0 radical (unpaired) electrons. The summed E-state index contributed by atoms with van der Waals surface area (Å²) in [7, 11) is 1.77. The molecule has 2 aliphatic carbocycles. The number of halogens is 2. The van der Waals surface area contributed by atoms with Crippen LogP contribution in [-0.4, -0.2) is 23.2 Å². The Bertz CT molecular complexity index is 1070. The number of benzene rings is 1. The number of ether oxygens (including phenoxy) is 1. The second-order valence-corrected chi connectivity index (χ2v) is 7.92. The third kappa shape index (κ3) is 4.44. The highest BCUT2D eigenvalue weighted by Crippen LogP contribution is 2.35. The number of aromatic nitrogens is 1. The Kier molecular flexibility index (Phi) is 5.69. The van der Waals surface area contributed by atoms with Gasteiger partial charge in [-0.05, 0) is 55.0 Å². The van der Waals surface area contributed by atoms with Gasteiger partial charge >= 0.3 is 6.09 Å². The number of nitrogens with one attached hydrogen (secondary N) is 2. The number of nitrogens with zero attached hydrogens (tertiary/aromatic N) is 1. The van der Waals surface area contributed by atoms with Gasteiger partial charge in [-0.25, -0.2) is 9.18 Å². The molecule has 2 N–H and O–H groups in total. The standard InChI is InChI=1S/C22H21ClFN3O3/c1-27-12-16-15(20(27)21(28)25-14-6-8-18(24)17(23)11-14)7-9-19(16)26-22(29)30-10-2-3-13-4-5-13/h6,8,11-13,19H,4-5,7,9-10H2,1H3,(H,25,28)(H,26,29). The number of carbonyl (C=O) groups excluding carboxylic acids is 2. The van der Waals surface area contributed by atoms with Crippen molar-refractivity contribution in [3.63, 3.8) is 0 Å². The summed E-state index contributed by atoms with van der Waals surface area (Å²) in [6.45, 7) is 0.0740. The maximum Gasteiger partial charge on any atom is 0.408 e. The molecule has 0 spiro atoms. The Morgan fingerprint density at radius 1 is 1.33 bits per heavy atom. The monoisotopic (exact) mass is 429 g/mol. The molecule has 1 heterocycles. The molecule has 1 aromatic heterocycles. The topological polar surface area (TPSA) is 72.4 Å². The molecule has 1 atom stereocenters. The van der Waals surface area contributed by atoms with Crippen LogP contribution in [0.2, 0.25) is 5.02 Å². The fraction of sp³-hybridized carbons (Fsp3) is 0.364. The third-order valence-electron chi connectivity index (χ3n) is 5.22. The largest absolute Gasteiger partial charge is 0.436 e. The number of amides is 2. The fourth-order valence-electron chi connectivity index (χ4n) is 3.62. The van der Waals surface area contributed by atoms with Gasteiger partial charge in [0.15, 0.2) is 6.61 Å². The first-order valence-corrected chi connectivity index (χ1v) is 10.2. The molecule has 2 aromatic rings. The lowest BCUT2D eigenvalue weighted by Crippen LogP contribution is -2.27. The third-order valence-corrected chi connectivity index (χ3v) is 5.51. The number of fused-ring (bicyclic) bond motifs is 1. The molecule has 6 nitrogen and oxygen atoms in total. The van der Waals surface area contributed by atoms with Crippen molar-refractivity contribution in [2.75, 3.05) is 11.9 Å². The van der Waals surface area contributed by atoms with Crippen LogP contribution in [0.3, 0.4) is 0 Å². The van der Waals surface area contributed by atoms with E-state index < -0.39 is 11.9 Å². The van der Waals surface area contributed by atoms with Crippen molar-refractivity contribution in [1.82, 2.24) is 9.88 Å². The summed E-state index contributed by atoms with van der Waals surface area (Å²) < 4.78 is 20.2. The van der Waals surface area contributed by atoms with Crippen molar-refractivity contribution in [2.45, 2.75) is 31.7 Å². The Hall–Kier alpha value is -2.98. The van der Waals surface area contributed by atoms with Gasteiger partial charge in [0.2, 0.25) is 0 Å². The van der Waals surface area contributed by atoms with Crippen molar-refractivity contribution in [2.24, 2.45) is 13.0 Å². The molecule has 4 rings (SSSR count). The van der Waals surface area contributed by atoms with Gasteiger partial charge in [-0.2, -0.15) is 0 Å². The van der Waals surface area contributed by atoms with E-state index in [2.05, 4.69) is 22.5 Å². The number of rotatable bonds is 4. The van der Waals surface area contributed by atoms with Crippen LogP contribution in [0.15, 0.2) is 24.4 Å². The molecule has 30 heavy (non-hydrogen) atoms. The van der Waals surface area contributed by atoms with Gasteiger partial charge < -0.3 is 19.9 Å². The molecule has 8 heteroatoms. The van der Waals surface area contributed by atoms with E-state index in [1.807, 2.05) is 6.20 Å².